The minimum atomic E-state index is 0.376. The van der Waals surface area contributed by atoms with E-state index in [0.29, 0.717) is 17.8 Å². The average Bonchev–Trinajstić information content (AvgIpc) is 2.05. The second-order valence-electron chi connectivity index (χ2n) is 2.23. The van der Waals surface area contributed by atoms with Crippen molar-refractivity contribution < 1.29 is 0 Å². The lowest BCUT2D eigenvalue weighted by Crippen LogP contribution is -2.01. The van der Waals surface area contributed by atoms with Gasteiger partial charge in [0, 0.05) is 12.2 Å². The number of hydrogen-bond acceptors (Lipinski definition) is 3. The molecule has 0 saturated heterocycles. The van der Waals surface area contributed by atoms with Crippen molar-refractivity contribution in [3.8, 4) is 6.07 Å². The number of benzene rings is 1. The van der Waals surface area contributed by atoms with Crippen LogP contribution in [0.15, 0.2) is 18.2 Å². The third-order valence-corrected chi connectivity index (χ3v) is 1.49. The Morgan fingerprint density at radius 2 is 2.18 bits per heavy atom. The molecule has 0 aliphatic heterocycles. The zero-order chi connectivity index (χ0) is 8.27. The Bertz CT molecular complexity index is 299. The number of nitrogens with two attached hydrogens (primary N) is 2. The van der Waals surface area contributed by atoms with E-state index >= 15 is 0 Å². The van der Waals surface area contributed by atoms with Crippen LogP contribution in [0.5, 0.6) is 0 Å². The summed E-state index contributed by atoms with van der Waals surface area (Å²) >= 11 is 0. The van der Waals surface area contributed by atoms with Gasteiger partial charge < -0.3 is 11.5 Å². The number of nitrogens with zero attached hydrogens (tertiary/aromatic N) is 1. The van der Waals surface area contributed by atoms with Gasteiger partial charge in [0.15, 0.2) is 0 Å². The molecule has 0 heterocycles. The minimum absolute atomic E-state index is 0.376. The molecule has 1 aromatic rings. The van der Waals surface area contributed by atoms with E-state index in [0.717, 1.165) is 5.56 Å². The van der Waals surface area contributed by atoms with Crippen molar-refractivity contribution in [1.82, 2.24) is 0 Å². The van der Waals surface area contributed by atoms with Gasteiger partial charge in [-0.3, -0.25) is 0 Å². The summed E-state index contributed by atoms with van der Waals surface area (Å²) in [6, 6.07) is 7.09. The molecule has 0 aliphatic rings. The first-order valence-corrected chi connectivity index (χ1v) is 3.26. The molecule has 4 N–H and O–H groups in total. The lowest BCUT2D eigenvalue weighted by molar-refractivity contribution is 1.07. The maximum Gasteiger partial charge on any atom is 0.0991 e. The quantitative estimate of drug-likeness (QED) is 0.571. The molecular weight excluding hydrogens is 138 g/mol. The molecule has 56 valence electrons. The SMILES string of the molecule is N#Cc1ccc(N)c(CN)c1. The molecule has 0 saturated carbocycles. The zero-order valence-corrected chi connectivity index (χ0v) is 6.04. The minimum Gasteiger partial charge on any atom is -0.398 e. The molecule has 3 heteroatoms. The molecule has 11 heavy (non-hydrogen) atoms. The molecule has 0 aromatic heterocycles. The van der Waals surface area contributed by atoms with Crippen molar-refractivity contribution >= 4 is 5.69 Å². The van der Waals surface area contributed by atoms with Crippen LogP contribution < -0.4 is 11.5 Å². The van der Waals surface area contributed by atoms with Crippen LogP contribution in [0.2, 0.25) is 0 Å². The van der Waals surface area contributed by atoms with Crippen LogP contribution >= 0.6 is 0 Å². The summed E-state index contributed by atoms with van der Waals surface area (Å²) in [6.45, 7) is 0.376. The maximum absolute atomic E-state index is 8.52. The molecule has 1 aromatic carbocycles. The van der Waals surface area contributed by atoms with Crippen LogP contribution in [0.4, 0.5) is 5.69 Å². The lowest BCUT2D eigenvalue weighted by Gasteiger charge is -2.00. The van der Waals surface area contributed by atoms with Gasteiger partial charge in [0.25, 0.3) is 0 Å². The lowest BCUT2D eigenvalue weighted by atomic mass is 10.1. The summed E-state index contributed by atoms with van der Waals surface area (Å²) in [5.74, 6) is 0. The van der Waals surface area contributed by atoms with Crippen LogP contribution in [-0.4, -0.2) is 0 Å². The first kappa shape index (κ1) is 7.58. The largest absolute Gasteiger partial charge is 0.398 e. The predicted molar refractivity (Wildman–Crippen MR) is 43.5 cm³/mol. The summed E-state index contributed by atoms with van der Waals surface area (Å²) < 4.78 is 0. The normalized spacial score (nSPS) is 9.09. The van der Waals surface area contributed by atoms with E-state index < -0.39 is 0 Å². The molecular formula is C8H9N3. The summed E-state index contributed by atoms with van der Waals surface area (Å²) in [5, 5.41) is 8.52. The highest BCUT2D eigenvalue weighted by atomic mass is 14.6. The maximum atomic E-state index is 8.52. The van der Waals surface area contributed by atoms with E-state index in [1.54, 1.807) is 18.2 Å². The van der Waals surface area contributed by atoms with Crippen molar-refractivity contribution in [1.29, 1.82) is 5.26 Å². The van der Waals surface area contributed by atoms with Crippen LogP contribution in [0.3, 0.4) is 0 Å². The van der Waals surface area contributed by atoms with E-state index in [-0.39, 0.29) is 0 Å². The highest BCUT2D eigenvalue weighted by molar-refractivity contribution is 5.50. The first-order valence-electron chi connectivity index (χ1n) is 3.26. The molecule has 3 nitrogen and oxygen atoms in total. The van der Waals surface area contributed by atoms with Gasteiger partial charge in [0.05, 0.1) is 11.6 Å². The van der Waals surface area contributed by atoms with Crippen molar-refractivity contribution in [2.24, 2.45) is 5.73 Å². The van der Waals surface area contributed by atoms with Gasteiger partial charge in [0.2, 0.25) is 0 Å². The molecule has 0 atom stereocenters. The second-order valence-corrected chi connectivity index (χ2v) is 2.23. The van der Waals surface area contributed by atoms with Crippen molar-refractivity contribution in [3.05, 3.63) is 29.3 Å². The topological polar surface area (TPSA) is 75.8 Å². The summed E-state index contributed by atoms with van der Waals surface area (Å²) in [7, 11) is 0. The molecule has 0 spiro atoms. The Kier molecular flexibility index (Phi) is 2.09. The molecule has 1 rings (SSSR count). The zero-order valence-electron chi connectivity index (χ0n) is 6.04. The summed E-state index contributed by atoms with van der Waals surface area (Å²) in [4.78, 5) is 0. The standard InChI is InChI=1S/C8H9N3/c9-4-6-1-2-8(11)7(3-6)5-10/h1-3H,5,10-11H2. The fourth-order valence-corrected chi connectivity index (χ4v) is 0.852. The van der Waals surface area contributed by atoms with Crippen molar-refractivity contribution in [2.45, 2.75) is 6.54 Å². The molecule has 0 radical (unpaired) electrons. The van der Waals surface area contributed by atoms with Gasteiger partial charge in [0.1, 0.15) is 0 Å². The molecule has 0 aliphatic carbocycles. The highest BCUT2D eigenvalue weighted by Gasteiger charge is 1.97. The van der Waals surface area contributed by atoms with E-state index in [4.69, 9.17) is 16.7 Å². The van der Waals surface area contributed by atoms with E-state index in [9.17, 15) is 0 Å². The Labute approximate surface area is 65.2 Å². The number of hydrogen-bond donors (Lipinski definition) is 2. The first-order chi connectivity index (χ1) is 5.27. The van der Waals surface area contributed by atoms with E-state index in [2.05, 4.69) is 0 Å². The second kappa shape index (κ2) is 3.04. The van der Waals surface area contributed by atoms with Crippen LogP contribution in [-0.2, 0) is 6.54 Å². The number of rotatable bonds is 1. The molecule has 0 bridgehead atoms. The van der Waals surface area contributed by atoms with Gasteiger partial charge >= 0.3 is 0 Å². The van der Waals surface area contributed by atoms with Gasteiger partial charge in [-0.25, -0.2) is 0 Å². The number of nitriles is 1. The summed E-state index contributed by atoms with van der Waals surface area (Å²) in [6.07, 6.45) is 0. The van der Waals surface area contributed by atoms with Gasteiger partial charge in [-0.1, -0.05) is 0 Å². The van der Waals surface area contributed by atoms with Crippen LogP contribution in [0.1, 0.15) is 11.1 Å². The Morgan fingerprint density at radius 1 is 1.45 bits per heavy atom. The van der Waals surface area contributed by atoms with Gasteiger partial charge in [-0.15, -0.1) is 0 Å². The Morgan fingerprint density at radius 3 is 2.73 bits per heavy atom. The third kappa shape index (κ3) is 1.48. The summed E-state index contributed by atoms with van der Waals surface area (Å²) in [5.41, 5.74) is 13.0. The van der Waals surface area contributed by atoms with Crippen LogP contribution in [0.25, 0.3) is 0 Å². The van der Waals surface area contributed by atoms with E-state index in [1.165, 1.54) is 0 Å². The number of nitrogen functional groups attached to an aromatic ring is 1. The molecule has 0 unspecified atom stereocenters. The van der Waals surface area contributed by atoms with Gasteiger partial charge in [-0.2, -0.15) is 5.26 Å². The van der Waals surface area contributed by atoms with Crippen LogP contribution in [0, 0.1) is 11.3 Å². The number of anilines is 1. The molecule has 0 fully saturated rings. The Balaban J connectivity index is 3.15. The predicted octanol–water partition coefficient (Wildman–Crippen LogP) is 0.599. The average molecular weight is 147 g/mol. The van der Waals surface area contributed by atoms with Crippen molar-refractivity contribution in [3.63, 3.8) is 0 Å². The highest BCUT2D eigenvalue weighted by Crippen LogP contribution is 2.12. The van der Waals surface area contributed by atoms with E-state index in [1.807, 2.05) is 6.07 Å². The fraction of sp³-hybridized carbons (Fsp3) is 0.125. The Hall–Kier alpha value is -1.53. The smallest absolute Gasteiger partial charge is 0.0991 e. The van der Waals surface area contributed by atoms with Gasteiger partial charge in [-0.05, 0) is 23.8 Å². The van der Waals surface area contributed by atoms with Crippen molar-refractivity contribution in [2.75, 3.05) is 5.73 Å². The molecule has 0 amide bonds. The third-order valence-electron chi connectivity index (χ3n) is 1.49. The monoisotopic (exact) mass is 147 g/mol. The fourth-order valence-electron chi connectivity index (χ4n) is 0.852.